The Kier molecular flexibility index (Phi) is 11.9. The van der Waals surface area contributed by atoms with E-state index in [1.54, 1.807) is 0 Å². The summed E-state index contributed by atoms with van der Waals surface area (Å²) in [5.41, 5.74) is -0.232. The van der Waals surface area contributed by atoms with Gasteiger partial charge in [0, 0.05) is 12.8 Å². The average molecular weight is 591 g/mol. The lowest BCUT2D eigenvalue weighted by Crippen LogP contribution is -2.62. The summed E-state index contributed by atoms with van der Waals surface area (Å²) in [7, 11) is 0. The van der Waals surface area contributed by atoms with Gasteiger partial charge in [-0.2, -0.15) is 0 Å². The van der Waals surface area contributed by atoms with Crippen molar-refractivity contribution in [3.63, 3.8) is 0 Å². The van der Waals surface area contributed by atoms with Gasteiger partial charge in [-0.1, -0.05) is 79.1 Å². The van der Waals surface area contributed by atoms with Crippen LogP contribution >= 0.6 is 0 Å². The van der Waals surface area contributed by atoms with Crippen molar-refractivity contribution in [1.29, 1.82) is 0 Å². The van der Waals surface area contributed by atoms with Crippen LogP contribution in [0, 0.1) is 46.3 Å². The van der Waals surface area contributed by atoms with Crippen LogP contribution in [0.2, 0.25) is 0 Å². The van der Waals surface area contributed by atoms with Crippen molar-refractivity contribution in [3.05, 3.63) is 0 Å². The first-order chi connectivity index (χ1) is 20.0. The third-order valence-corrected chi connectivity index (χ3v) is 13.1. The minimum Gasteiger partial charge on any atom is -0.481 e. The molecule has 4 fully saturated rings. The Morgan fingerprint density at radius 3 is 2.19 bits per heavy atom. The molecule has 3 N–H and O–H groups in total. The molecule has 4 saturated carbocycles. The van der Waals surface area contributed by atoms with Crippen molar-refractivity contribution in [3.8, 4) is 0 Å². The van der Waals surface area contributed by atoms with Gasteiger partial charge in [0.05, 0.1) is 12.2 Å². The molecule has 0 aromatic heterocycles. The molecule has 0 heterocycles. The van der Waals surface area contributed by atoms with Crippen LogP contribution in [0.15, 0.2) is 0 Å². The van der Waals surface area contributed by atoms with Gasteiger partial charge in [-0.25, -0.2) is 0 Å². The van der Waals surface area contributed by atoms with E-state index < -0.39 is 18.2 Å². The number of carbonyl (C=O) groups excluding carboxylic acids is 1. The molecule has 5 unspecified atom stereocenters. The topological polar surface area (TPSA) is 104 Å². The van der Waals surface area contributed by atoms with Gasteiger partial charge in [-0.3, -0.25) is 9.59 Å². The molecule has 0 aromatic rings. The van der Waals surface area contributed by atoms with E-state index in [1.807, 2.05) is 0 Å². The SMILES string of the molecule is CCCCCCCCCCCC(=O)O[C@@H]1CC[C@]2(C)C3C[C@H](O)[C@@]4(C)C(CCC4[C@H](C)CCC(=O)O)C3C(O)C[C@@H]2C1. The van der Waals surface area contributed by atoms with Crippen molar-refractivity contribution >= 4 is 11.9 Å². The van der Waals surface area contributed by atoms with Gasteiger partial charge in [-0.15, -0.1) is 0 Å². The minimum absolute atomic E-state index is 0.0409. The van der Waals surface area contributed by atoms with Crippen LogP contribution in [0.3, 0.4) is 0 Å². The van der Waals surface area contributed by atoms with Gasteiger partial charge in [0.15, 0.2) is 0 Å². The zero-order valence-corrected chi connectivity index (χ0v) is 27.2. The molecule has 0 spiro atoms. The second kappa shape index (κ2) is 14.8. The maximum atomic E-state index is 12.7. The van der Waals surface area contributed by atoms with Crippen LogP contribution in [-0.4, -0.2) is 45.6 Å². The molecule has 0 amide bonds. The van der Waals surface area contributed by atoms with Gasteiger partial charge in [0.2, 0.25) is 0 Å². The predicted molar refractivity (Wildman–Crippen MR) is 166 cm³/mol. The Bertz CT molecular complexity index is 890. The summed E-state index contributed by atoms with van der Waals surface area (Å²) in [5, 5.41) is 32.6. The fourth-order valence-corrected chi connectivity index (χ4v) is 10.6. The largest absolute Gasteiger partial charge is 0.481 e. The zero-order chi connectivity index (χ0) is 30.5. The van der Waals surface area contributed by atoms with Crippen molar-refractivity contribution in [2.24, 2.45) is 46.3 Å². The first-order valence-corrected chi connectivity index (χ1v) is 17.8. The summed E-state index contributed by atoms with van der Waals surface area (Å²) >= 11 is 0. The lowest BCUT2D eigenvalue weighted by Gasteiger charge is -2.63. The second-order valence-corrected chi connectivity index (χ2v) is 15.5. The van der Waals surface area contributed by atoms with Crippen LogP contribution in [0.5, 0.6) is 0 Å². The van der Waals surface area contributed by atoms with E-state index in [9.17, 15) is 24.9 Å². The summed E-state index contributed by atoms with van der Waals surface area (Å²) in [6.07, 6.45) is 17.7. The number of rotatable bonds is 15. The molecule has 42 heavy (non-hydrogen) atoms. The zero-order valence-electron chi connectivity index (χ0n) is 27.2. The Morgan fingerprint density at radius 1 is 0.857 bits per heavy atom. The molecule has 11 atom stereocenters. The molecular formula is C36H62O6. The summed E-state index contributed by atoms with van der Waals surface area (Å²) < 4.78 is 6.00. The van der Waals surface area contributed by atoms with Crippen LogP contribution in [0.1, 0.15) is 150 Å². The summed E-state index contributed by atoms with van der Waals surface area (Å²) in [6, 6.07) is 0. The standard InChI is InChI=1S/C36H62O6/c1-5-6-7-8-9-10-11-12-13-14-33(41)42-26-19-20-35(3)25(21-26)22-30(37)34-28-17-16-27(24(2)15-18-32(39)40)36(28,4)31(38)23-29(34)35/h24-31,34,37-38H,5-23H2,1-4H3,(H,39,40)/t24-,25+,26-,27?,28?,29?,30?,31+,34?,35+,36-/m1/s1. The Labute approximate surface area is 255 Å². The van der Waals surface area contributed by atoms with Gasteiger partial charge in [-0.05, 0) is 104 Å². The fraction of sp³-hybridized carbons (Fsp3) is 0.944. The van der Waals surface area contributed by atoms with Crippen molar-refractivity contribution in [1.82, 2.24) is 0 Å². The molecule has 0 bridgehead atoms. The number of aliphatic carboxylic acids is 1. The lowest BCUT2D eigenvalue weighted by atomic mass is 9.43. The first kappa shape index (κ1) is 33.7. The van der Waals surface area contributed by atoms with E-state index in [0.29, 0.717) is 25.2 Å². The number of aliphatic hydroxyl groups is 2. The lowest BCUT2D eigenvalue weighted by molar-refractivity contribution is -0.209. The van der Waals surface area contributed by atoms with Crippen LogP contribution < -0.4 is 0 Å². The van der Waals surface area contributed by atoms with Crippen LogP contribution in [-0.2, 0) is 14.3 Å². The van der Waals surface area contributed by atoms with Gasteiger partial charge >= 0.3 is 11.9 Å². The second-order valence-electron chi connectivity index (χ2n) is 15.5. The molecule has 0 aliphatic heterocycles. The third-order valence-electron chi connectivity index (χ3n) is 13.1. The average Bonchev–Trinajstić information content (AvgIpc) is 3.30. The van der Waals surface area contributed by atoms with Crippen molar-refractivity contribution in [2.75, 3.05) is 0 Å². The monoisotopic (exact) mass is 590 g/mol. The quantitative estimate of drug-likeness (QED) is 0.132. The Hall–Kier alpha value is -1.14. The summed E-state index contributed by atoms with van der Waals surface area (Å²) in [4.78, 5) is 23.9. The van der Waals surface area contributed by atoms with E-state index >= 15 is 0 Å². The molecule has 0 radical (unpaired) electrons. The molecule has 0 aromatic carbocycles. The first-order valence-electron chi connectivity index (χ1n) is 17.8. The van der Waals surface area contributed by atoms with Gasteiger partial charge in [0.25, 0.3) is 0 Å². The molecule has 242 valence electrons. The predicted octanol–water partition coefficient (Wildman–Crippen LogP) is 7.92. The molecular weight excluding hydrogens is 528 g/mol. The molecule has 4 aliphatic carbocycles. The van der Waals surface area contributed by atoms with Crippen LogP contribution in [0.4, 0.5) is 0 Å². The van der Waals surface area contributed by atoms with Gasteiger partial charge in [0.1, 0.15) is 6.10 Å². The number of esters is 1. The molecule has 4 rings (SSSR count). The normalized spacial score (nSPS) is 40.0. The van der Waals surface area contributed by atoms with Gasteiger partial charge < -0.3 is 20.1 Å². The van der Waals surface area contributed by atoms with Crippen molar-refractivity contribution in [2.45, 2.75) is 168 Å². The van der Waals surface area contributed by atoms with E-state index in [4.69, 9.17) is 4.74 Å². The number of unbranched alkanes of at least 4 members (excludes halogenated alkanes) is 8. The number of carboxylic acid groups (broad SMARTS) is 1. The maximum absolute atomic E-state index is 12.7. The smallest absolute Gasteiger partial charge is 0.306 e. The number of ether oxygens (including phenoxy) is 1. The number of fused-ring (bicyclic) bond motifs is 5. The highest BCUT2D eigenvalue weighted by atomic mass is 16.5. The highest BCUT2D eigenvalue weighted by Gasteiger charge is 2.65. The maximum Gasteiger partial charge on any atom is 0.306 e. The number of carbonyl (C=O) groups is 2. The molecule has 0 saturated heterocycles. The van der Waals surface area contributed by atoms with Crippen LogP contribution in [0.25, 0.3) is 0 Å². The molecule has 6 heteroatoms. The van der Waals surface area contributed by atoms with Crippen molar-refractivity contribution < 1.29 is 29.6 Å². The Morgan fingerprint density at radius 2 is 1.52 bits per heavy atom. The van der Waals surface area contributed by atoms with E-state index in [1.165, 1.54) is 44.9 Å². The van der Waals surface area contributed by atoms with E-state index in [-0.39, 0.29) is 58.9 Å². The number of carboxylic acids is 1. The highest BCUT2D eigenvalue weighted by molar-refractivity contribution is 5.69. The highest BCUT2D eigenvalue weighted by Crippen LogP contribution is 2.68. The third kappa shape index (κ3) is 7.22. The number of hydrogen-bond donors (Lipinski definition) is 3. The minimum atomic E-state index is -0.753. The van der Waals surface area contributed by atoms with E-state index in [2.05, 4.69) is 27.7 Å². The van der Waals surface area contributed by atoms with E-state index in [0.717, 1.165) is 51.4 Å². The molecule has 6 nitrogen and oxygen atoms in total. The number of hydrogen-bond acceptors (Lipinski definition) is 5. The summed E-state index contributed by atoms with van der Waals surface area (Å²) in [5.74, 6) is 0.743. The number of aliphatic hydroxyl groups excluding tert-OH is 2. The molecule has 4 aliphatic rings. The Balaban J connectivity index is 1.29. The summed E-state index contributed by atoms with van der Waals surface area (Å²) in [6.45, 7) is 9.03. The fourth-order valence-electron chi connectivity index (χ4n) is 10.6.